The molecule has 1 N–H and O–H groups in total. The summed E-state index contributed by atoms with van der Waals surface area (Å²) >= 11 is 1.30. The Morgan fingerprint density at radius 2 is 2.12 bits per heavy atom. The van der Waals surface area contributed by atoms with E-state index in [0.717, 1.165) is 31.5 Å². The largest absolute Gasteiger partial charge is 0.300 e. The van der Waals surface area contributed by atoms with Crippen molar-refractivity contribution >= 4 is 11.8 Å². The molecule has 0 spiro atoms. The number of halogens is 1. The maximum atomic E-state index is 13.8. The van der Waals surface area contributed by atoms with Gasteiger partial charge < -0.3 is 4.98 Å². The molecule has 0 amide bonds. The molecule has 25 heavy (non-hydrogen) atoms. The van der Waals surface area contributed by atoms with Crippen molar-refractivity contribution in [2.45, 2.75) is 31.0 Å². The van der Waals surface area contributed by atoms with Crippen molar-refractivity contribution < 1.29 is 4.39 Å². The minimum atomic E-state index is -0.468. The van der Waals surface area contributed by atoms with E-state index in [-0.39, 0.29) is 11.4 Å². The molecular weight excluding hydrogens is 339 g/mol. The molecule has 0 radical (unpaired) electrons. The number of hydrogen-bond donors (Lipinski definition) is 1. The standard InChI is InChI=1S/C18H19FN4OS/c1-25-18-21-16(15(10-20)17(24)22-18)14-6-5-13(19)9-12(14)11-23-7-3-2-4-8-23/h5-6,9H,2-4,7-8,11H2,1H3,(H,21,22,24). The number of nitriles is 1. The van der Waals surface area contributed by atoms with Crippen LogP contribution >= 0.6 is 11.8 Å². The monoisotopic (exact) mass is 358 g/mol. The molecule has 3 rings (SSSR count). The van der Waals surface area contributed by atoms with Crippen LogP contribution in [0.2, 0.25) is 0 Å². The maximum Gasteiger partial charge on any atom is 0.270 e. The molecule has 7 heteroatoms. The zero-order valence-corrected chi connectivity index (χ0v) is 14.8. The summed E-state index contributed by atoms with van der Waals surface area (Å²) in [5, 5.41) is 9.83. The van der Waals surface area contributed by atoms with E-state index in [2.05, 4.69) is 14.9 Å². The highest BCUT2D eigenvalue weighted by atomic mass is 32.2. The molecule has 1 aliphatic rings. The van der Waals surface area contributed by atoms with Crippen molar-refractivity contribution in [3.8, 4) is 17.3 Å². The second-order valence-electron chi connectivity index (χ2n) is 6.05. The summed E-state index contributed by atoms with van der Waals surface area (Å²) in [6.07, 6.45) is 5.28. The molecule has 1 aliphatic heterocycles. The predicted octanol–water partition coefficient (Wildman–Crippen LogP) is 3.16. The average molecular weight is 358 g/mol. The first-order valence-corrected chi connectivity index (χ1v) is 9.44. The van der Waals surface area contributed by atoms with Gasteiger partial charge >= 0.3 is 0 Å². The second-order valence-corrected chi connectivity index (χ2v) is 6.84. The number of hydrogen-bond acceptors (Lipinski definition) is 5. The highest BCUT2D eigenvalue weighted by Gasteiger charge is 2.19. The van der Waals surface area contributed by atoms with Crippen molar-refractivity contribution in [1.29, 1.82) is 5.26 Å². The number of aromatic nitrogens is 2. The zero-order chi connectivity index (χ0) is 17.8. The first kappa shape index (κ1) is 17.6. The lowest BCUT2D eigenvalue weighted by atomic mass is 10.00. The van der Waals surface area contributed by atoms with E-state index in [1.165, 1.54) is 30.3 Å². The Bertz CT molecular complexity index is 868. The summed E-state index contributed by atoms with van der Waals surface area (Å²) in [6.45, 7) is 2.53. The van der Waals surface area contributed by atoms with Crippen LogP contribution in [-0.2, 0) is 6.54 Å². The van der Waals surface area contributed by atoms with Gasteiger partial charge in [0.2, 0.25) is 0 Å². The van der Waals surface area contributed by atoms with Crippen molar-refractivity contribution in [3.63, 3.8) is 0 Å². The fourth-order valence-electron chi connectivity index (χ4n) is 3.13. The number of nitrogens with one attached hydrogen (secondary N) is 1. The van der Waals surface area contributed by atoms with Crippen LogP contribution in [0.5, 0.6) is 0 Å². The van der Waals surface area contributed by atoms with E-state index >= 15 is 0 Å². The Morgan fingerprint density at radius 3 is 2.80 bits per heavy atom. The van der Waals surface area contributed by atoms with Gasteiger partial charge in [0.1, 0.15) is 17.4 Å². The highest BCUT2D eigenvalue weighted by Crippen LogP contribution is 2.27. The topological polar surface area (TPSA) is 72.8 Å². The summed E-state index contributed by atoms with van der Waals surface area (Å²) in [4.78, 5) is 21.5. The van der Waals surface area contributed by atoms with Crippen molar-refractivity contribution in [1.82, 2.24) is 14.9 Å². The van der Waals surface area contributed by atoms with Gasteiger partial charge in [-0.3, -0.25) is 9.69 Å². The van der Waals surface area contributed by atoms with Crippen LogP contribution in [0, 0.1) is 17.1 Å². The molecule has 1 aromatic carbocycles. The van der Waals surface area contributed by atoms with Crippen molar-refractivity contribution in [3.05, 3.63) is 45.5 Å². The molecule has 0 bridgehead atoms. The van der Waals surface area contributed by atoms with E-state index in [1.807, 2.05) is 6.07 Å². The third-order valence-corrected chi connectivity index (χ3v) is 4.95. The maximum absolute atomic E-state index is 13.8. The van der Waals surface area contributed by atoms with Crippen LogP contribution < -0.4 is 5.56 Å². The SMILES string of the molecule is CSc1nc(-c2ccc(F)cc2CN2CCCCC2)c(C#N)c(=O)[nH]1. The van der Waals surface area contributed by atoms with Crippen molar-refractivity contribution in [2.75, 3.05) is 19.3 Å². The quantitative estimate of drug-likeness (QED) is 0.671. The Morgan fingerprint density at radius 1 is 1.36 bits per heavy atom. The minimum absolute atomic E-state index is 0.0377. The molecule has 0 atom stereocenters. The van der Waals surface area contributed by atoms with Crippen LogP contribution in [0.1, 0.15) is 30.4 Å². The number of piperidine rings is 1. The van der Waals surface area contributed by atoms with Crippen LogP contribution in [0.15, 0.2) is 28.2 Å². The third kappa shape index (κ3) is 3.91. The first-order valence-electron chi connectivity index (χ1n) is 8.22. The normalized spacial score (nSPS) is 15.1. The first-order chi connectivity index (χ1) is 12.1. The molecule has 2 heterocycles. The lowest BCUT2D eigenvalue weighted by Crippen LogP contribution is -2.29. The number of benzene rings is 1. The molecule has 130 valence electrons. The summed E-state index contributed by atoms with van der Waals surface area (Å²) < 4.78 is 13.8. The van der Waals surface area contributed by atoms with Crippen LogP contribution in [-0.4, -0.2) is 34.2 Å². The highest BCUT2D eigenvalue weighted by molar-refractivity contribution is 7.98. The smallest absolute Gasteiger partial charge is 0.270 e. The number of H-pyrrole nitrogens is 1. The number of nitrogens with zero attached hydrogens (tertiary/aromatic N) is 3. The Labute approximate surface area is 149 Å². The Hall–Kier alpha value is -2.17. The summed E-state index contributed by atoms with van der Waals surface area (Å²) in [5.41, 5.74) is 1.21. The lowest BCUT2D eigenvalue weighted by molar-refractivity contribution is 0.221. The van der Waals surface area contributed by atoms with E-state index in [4.69, 9.17) is 0 Å². The summed E-state index contributed by atoms with van der Waals surface area (Å²) in [6, 6.07) is 6.37. The van der Waals surface area contributed by atoms with E-state index in [9.17, 15) is 14.4 Å². The third-order valence-electron chi connectivity index (χ3n) is 4.37. The molecule has 1 fully saturated rings. The van der Waals surface area contributed by atoms with Crippen LogP contribution in [0.25, 0.3) is 11.3 Å². The molecule has 2 aromatic rings. The van der Waals surface area contributed by atoms with Crippen LogP contribution in [0.3, 0.4) is 0 Å². The van der Waals surface area contributed by atoms with Gasteiger partial charge in [-0.05, 0) is 55.9 Å². The minimum Gasteiger partial charge on any atom is -0.300 e. The predicted molar refractivity (Wildman–Crippen MR) is 95.9 cm³/mol. The molecule has 1 aromatic heterocycles. The van der Waals surface area contributed by atoms with Gasteiger partial charge in [0.25, 0.3) is 5.56 Å². The Balaban J connectivity index is 2.09. The van der Waals surface area contributed by atoms with Gasteiger partial charge in [0.05, 0.1) is 5.69 Å². The van der Waals surface area contributed by atoms with Gasteiger partial charge in [-0.25, -0.2) is 9.37 Å². The lowest BCUT2D eigenvalue weighted by Gasteiger charge is -2.27. The van der Waals surface area contributed by atoms with E-state index in [1.54, 1.807) is 12.3 Å². The molecule has 0 aliphatic carbocycles. The summed E-state index contributed by atoms with van der Waals surface area (Å²) in [7, 11) is 0. The molecule has 5 nitrogen and oxygen atoms in total. The fourth-order valence-corrected chi connectivity index (χ4v) is 3.51. The zero-order valence-electron chi connectivity index (χ0n) is 14.0. The van der Waals surface area contributed by atoms with Gasteiger partial charge in [-0.15, -0.1) is 0 Å². The molecule has 0 unspecified atom stereocenters. The fraction of sp³-hybridized carbons (Fsp3) is 0.389. The number of rotatable bonds is 4. The number of aromatic amines is 1. The van der Waals surface area contributed by atoms with Gasteiger partial charge in [0, 0.05) is 12.1 Å². The Kier molecular flexibility index (Phi) is 5.51. The second kappa shape index (κ2) is 7.81. The van der Waals surface area contributed by atoms with Crippen LogP contribution in [0.4, 0.5) is 4.39 Å². The summed E-state index contributed by atoms with van der Waals surface area (Å²) in [5.74, 6) is -0.329. The molecule has 0 saturated carbocycles. The van der Waals surface area contributed by atoms with Gasteiger partial charge in [-0.2, -0.15) is 5.26 Å². The molecule has 1 saturated heterocycles. The average Bonchev–Trinajstić information content (AvgIpc) is 2.62. The van der Waals surface area contributed by atoms with Crippen molar-refractivity contribution in [2.24, 2.45) is 0 Å². The van der Waals surface area contributed by atoms with E-state index < -0.39 is 5.56 Å². The molecular formula is C18H19FN4OS. The van der Waals surface area contributed by atoms with E-state index in [0.29, 0.717) is 23.0 Å². The van der Waals surface area contributed by atoms with Gasteiger partial charge in [-0.1, -0.05) is 18.2 Å². The number of likely N-dealkylation sites (tertiary alicyclic amines) is 1. The van der Waals surface area contributed by atoms with Gasteiger partial charge in [0.15, 0.2) is 5.16 Å². The number of thioether (sulfide) groups is 1.